The number of carbonyl (C=O) groups is 1. The second-order valence-corrected chi connectivity index (χ2v) is 5.82. The fourth-order valence-electron chi connectivity index (χ4n) is 1.99. The van der Waals surface area contributed by atoms with Gasteiger partial charge in [0.1, 0.15) is 5.69 Å². The molecule has 3 nitrogen and oxygen atoms in total. The molecule has 0 atom stereocenters. The minimum Gasteiger partial charge on any atom is -0.340 e. The minimum atomic E-state index is -0.0849. The van der Waals surface area contributed by atoms with Gasteiger partial charge in [0.15, 0.2) is 0 Å². The van der Waals surface area contributed by atoms with E-state index >= 15 is 0 Å². The number of para-hydroxylation sites is 1. The highest BCUT2D eigenvalue weighted by molar-refractivity contribution is 6.35. The van der Waals surface area contributed by atoms with Crippen molar-refractivity contribution >= 4 is 28.4 Å². The van der Waals surface area contributed by atoms with E-state index in [0.29, 0.717) is 16.6 Å². The zero-order chi connectivity index (χ0) is 14.7. The van der Waals surface area contributed by atoms with Crippen LogP contribution in [0.15, 0.2) is 30.3 Å². The standard InChI is InChI=1S/C16H19ClN2O/c1-11(2)8-9-19(3)16(20)15-10-13(17)12-6-4-5-7-14(12)18-15/h4-7,10-11H,8-9H2,1-3H3. The molecule has 0 aliphatic rings. The van der Waals surface area contributed by atoms with E-state index in [1.54, 1.807) is 18.0 Å². The number of rotatable bonds is 4. The van der Waals surface area contributed by atoms with Crippen LogP contribution < -0.4 is 0 Å². The van der Waals surface area contributed by atoms with Gasteiger partial charge in [-0.3, -0.25) is 4.79 Å². The van der Waals surface area contributed by atoms with Crippen LogP contribution in [0.25, 0.3) is 10.9 Å². The molecule has 1 heterocycles. The maximum absolute atomic E-state index is 12.4. The normalized spacial score (nSPS) is 11.1. The second-order valence-electron chi connectivity index (χ2n) is 5.42. The van der Waals surface area contributed by atoms with Gasteiger partial charge < -0.3 is 4.90 Å². The summed E-state index contributed by atoms with van der Waals surface area (Å²) in [6.07, 6.45) is 0.976. The molecule has 1 aromatic heterocycles. The molecule has 0 saturated heterocycles. The van der Waals surface area contributed by atoms with Gasteiger partial charge in [0, 0.05) is 19.0 Å². The van der Waals surface area contributed by atoms with E-state index < -0.39 is 0 Å². The van der Waals surface area contributed by atoms with Gasteiger partial charge in [-0.2, -0.15) is 0 Å². The molecule has 0 aliphatic heterocycles. The fraction of sp³-hybridized carbons (Fsp3) is 0.375. The van der Waals surface area contributed by atoms with Gasteiger partial charge in [0.05, 0.1) is 10.5 Å². The Morgan fingerprint density at radius 3 is 2.75 bits per heavy atom. The van der Waals surface area contributed by atoms with Gasteiger partial charge >= 0.3 is 0 Å². The van der Waals surface area contributed by atoms with E-state index in [2.05, 4.69) is 18.8 Å². The van der Waals surface area contributed by atoms with Crippen molar-refractivity contribution < 1.29 is 4.79 Å². The first kappa shape index (κ1) is 14.8. The number of fused-ring (bicyclic) bond motifs is 1. The number of pyridine rings is 1. The molecule has 1 amide bonds. The third-order valence-corrected chi connectivity index (χ3v) is 3.59. The Labute approximate surface area is 124 Å². The maximum atomic E-state index is 12.4. The van der Waals surface area contributed by atoms with E-state index in [1.165, 1.54) is 0 Å². The van der Waals surface area contributed by atoms with E-state index in [-0.39, 0.29) is 5.91 Å². The molecule has 0 unspecified atom stereocenters. The number of hydrogen-bond donors (Lipinski definition) is 0. The smallest absolute Gasteiger partial charge is 0.272 e. The van der Waals surface area contributed by atoms with Crippen LogP contribution in [0.4, 0.5) is 0 Å². The summed E-state index contributed by atoms with van der Waals surface area (Å²) in [5, 5.41) is 1.44. The van der Waals surface area contributed by atoms with Crippen LogP contribution in [0.3, 0.4) is 0 Å². The van der Waals surface area contributed by atoms with Crippen molar-refractivity contribution in [2.75, 3.05) is 13.6 Å². The quantitative estimate of drug-likeness (QED) is 0.852. The Balaban J connectivity index is 2.26. The molecule has 2 rings (SSSR count). The molecule has 4 heteroatoms. The summed E-state index contributed by atoms with van der Waals surface area (Å²) in [7, 11) is 1.80. The van der Waals surface area contributed by atoms with Gasteiger partial charge in [0.2, 0.25) is 0 Å². The topological polar surface area (TPSA) is 33.2 Å². The molecule has 0 saturated carbocycles. The Kier molecular flexibility index (Phi) is 4.61. The van der Waals surface area contributed by atoms with E-state index in [1.807, 2.05) is 24.3 Å². The van der Waals surface area contributed by atoms with E-state index in [0.717, 1.165) is 23.9 Å². The number of nitrogens with zero attached hydrogens (tertiary/aromatic N) is 2. The highest BCUT2D eigenvalue weighted by Crippen LogP contribution is 2.23. The van der Waals surface area contributed by atoms with E-state index in [9.17, 15) is 4.79 Å². The predicted molar refractivity (Wildman–Crippen MR) is 83.2 cm³/mol. The van der Waals surface area contributed by atoms with Gasteiger partial charge in [-0.1, -0.05) is 43.6 Å². The van der Waals surface area contributed by atoms with Crippen molar-refractivity contribution in [3.8, 4) is 0 Å². The Bertz CT molecular complexity index is 625. The molecule has 20 heavy (non-hydrogen) atoms. The first-order valence-corrected chi connectivity index (χ1v) is 7.17. The summed E-state index contributed by atoms with van der Waals surface area (Å²) >= 11 is 6.23. The Morgan fingerprint density at radius 2 is 2.05 bits per heavy atom. The van der Waals surface area contributed by atoms with Gasteiger partial charge in [-0.15, -0.1) is 0 Å². The highest BCUT2D eigenvalue weighted by Gasteiger charge is 2.15. The van der Waals surface area contributed by atoms with E-state index in [4.69, 9.17) is 11.6 Å². The Hall–Kier alpha value is -1.61. The molecule has 0 spiro atoms. The van der Waals surface area contributed by atoms with Crippen LogP contribution in [0.5, 0.6) is 0 Å². The van der Waals surface area contributed by atoms with Crippen LogP contribution in [-0.2, 0) is 0 Å². The maximum Gasteiger partial charge on any atom is 0.272 e. The molecule has 106 valence electrons. The van der Waals surface area contributed by atoms with Gasteiger partial charge in [-0.25, -0.2) is 4.98 Å². The van der Waals surface area contributed by atoms with Crippen molar-refractivity contribution in [1.82, 2.24) is 9.88 Å². The van der Waals surface area contributed by atoms with Gasteiger partial charge in [0.25, 0.3) is 5.91 Å². The number of benzene rings is 1. The fourth-order valence-corrected chi connectivity index (χ4v) is 2.25. The number of carbonyl (C=O) groups excluding carboxylic acids is 1. The van der Waals surface area contributed by atoms with Crippen molar-refractivity contribution in [1.29, 1.82) is 0 Å². The Morgan fingerprint density at radius 1 is 1.35 bits per heavy atom. The van der Waals surface area contributed by atoms with Crippen LogP contribution in [0.1, 0.15) is 30.8 Å². The zero-order valence-corrected chi connectivity index (χ0v) is 12.8. The molecule has 0 fully saturated rings. The lowest BCUT2D eigenvalue weighted by molar-refractivity contribution is 0.0784. The van der Waals surface area contributed by atoms with Gasteiger partial charge in [-0.05, 0) is 24.5 Å². The van der Waals surface area contributed by atoms with Crippen molar-refractivity contribution in [2.24, 2.45) is 5.92 Å². The van der Waals surface area contributed by atoms with Crippen LogP contribution >= 0.6 is 11.6 Å². The predicted octanol–water partition coefficient (Wildman–Crippen LogP) is 4.01. The minimum absolute atomic E-state index is 0.0849. The monoisotopic (exact) mass is 290 g/mol. The average Bonchev–Trinajstić information content (AvgIpc) is 2.43. The molecule has 2 aromatic rings. The molecule has 0 N–H and O–H groups in total. The molecular weight excluding hydrogens is 272 g/mol. The molecule has 1 aromatic carbocycles. The zero-order valence-electron chi connectivity index (χ0n) is 12.1. The number of hydrogen-bond acceptors (Lipinski definition) is 2. The third-order valence-electron chi connectivity index (χ3n) is 3.27. The lowest BCUT2D eigenvalue weighted by Crippen LogP contribution is -2.29. The second kappa shape index (κ2) is 6.23. The summed E-state index contributed by atoms with van der Waals surface area (Å²) < 4.78 is 0. The highest BCUT2D eigenvalue weighted by atomic mass is 35.5. The summed E-state index contributed by atoms with van der Waals surface area (Å²) in [5.74, 6) is 0.483. The summed E-state index contributed by atoms with van der Waals surface area (Å²) in [6.45, 7) is 5.01. The van der Waals surface area contributed by atoms with Crippen molar-refractivity contribution in [2.45, 2.75) is 20.3 Å². The van der Waals surface area contributed by atoms with Crippen LogP contribution in [0.2, 0.25) is 5.02 Å². The number of halogens is 1. The summed E-state index contributed by atoms with van der Waals surface area (Å²) in [6, 6.07) is 9.22. The largest absolute Gasteiger partial charge is 0.340 e. The lowest BCUT2D eigenvalue weighted by Gasteiger charge is -2.18. The van der Waals surface area contributed by atoms with Crippen LogP contribution in [0, 0.1) is 5.92 Å². The summed E-state index contributed by atoms with van der Waals surface area (Å²) in [5.41, 5.74) is 1.15. The first-order chi connectivity index (χ1) is 9.49. The van der Waals surface area contributed by atoms with Crippen molar-refractivity contribution in [3.05, 3.63) is 41.0 Å². The van der Waals surface area contributed by atoms with Crippen molar-refractivity contribution in [3.63, 3.8) is 0 Å². The molecule has 0 aliphatic carbocycles. The third kappa shape index (κ3) is 3.28. The number of amides is 1. The summed E-state index contributed by atoms with van der Waals surface area (Å²) in [4.78, 5) is 18.5. The lowest BCUT2D eigenvalue weighted by atomic mass is 10.1. The van der Waals surface area contributed by atoms with Crippen LogP contribution in [-0.4, -0.2) is 29.4 Å². The first-order valence-electron chi connectivity index (χ1n) is 6.80. The average molecular weight is 291 g/mol. The molecular formula is C16H19ClN2O. The number of aromatic nitrogens is 1. The molecule has 0 radical (unpaired) electrons. The SMILES string of the molecule is CC(C)CCN(C)C(=O)c1cc(Cl)c2ccccc2n1. The molecule has 0 bridgehead atoms.